The maximum atomic E-state index is 11.5. The van der Waals surface area contributed by atoms with Gasteiger partial charge >= 0.3 is 0 Å². The predicted molar refractivity (Wildman–Crippen MR) is 85.5 cm³/mol. The summed E-state index contributed by atoms with van der Waals surface area (Å²) in [4.78, 5) is 45.3. The second-order valence-electron chi connectivity index (χ2n) is 5.80. The lowest BCUT2D eigenvalue weighted by molar-refractivity contribution is -0.125. The van der Waals surface area contributed by atoms with Crippen molar-refractivity contribution in [3.05, 3.63) is 58.7 Å². The van der Waals surface area contributed by atoms with E-state index in [1.165, 1.54) is 12.2 Å². The topological polar surface area (TPSA) is 92.3 Å². The van der Waals surface area contributed by atoms with E-state index < -0.39 is 0 Å². The molecule has 0 spiro atoms. The number of amides is 4. The van der Waals surface area contributed by atoms with Crippen molar-refractivity contribution in [1.29, 1.82) is 0 Å². The van der Waals surface area contributed by atoms with E-state index in [2.05, 4.69) is 10.6 Å². The van der Waals surface area contributed by atoms with Crippen LogP contribution in [0.1, 0.15) is 24.0 Å². The van der Waals surface area contributed by atoms with Gasteiger partial charge in [-0.3, -0.25) is 29.8 Å². The molecule has 0 fully saturated rings. The van der Waals surface area contributed by atoms with E-state index in [0.29, 0.717) is 36.8 Å². The zero-order valence-corrected chi connectivity index (χ0v) is 12.9. The molecule has 2 N–H and O–H groups in total. The van der Waals surface area contributed by atoms with Gasteiger partial charge in [-0.05, 0) is 36.8 Å². The summed E-state index contributed by atoms with van der Waals surface area (Å²) >= 11 is 0. The smallest absolute Gasteiger partial charge is 0.254 e. The summed E-state index contributed by atoms with van der Waals surface area (Å²) in [5, 5.41) is 4.46. The quantitative estimate of drug-likeness (QED) is 0.754. The molecule has 0 bridgehead atoms. The molecule has 6 heteroatoms. The van der Waals surface area contributed by atoms with Crippen LogP contribution in [0.2, 0.25) is 0 Å². The van der Waals surface area contributed by atoms with Crippen molar-refractivity contribution in [3.63, 3.8) is 0 Å². The maximum Gasteiger partial charge on any atom is 0.254 e. The highest BCUT2D eigenvalue weighted by molar-refractivity contribution is 6.16. The summed E-state index contributed by atoms with van der Waals surface area (Å²) < 4.78 is 0. The monoisotopic (exact) mass is 324 g/mol. The predicted octanol–water partition coefficient (Wildman–Crippen LogP) is 0.717. The molecule has 3 rings (SSSR count). The number of carbonyl (C=O) groups excluding carboxylic acids is 4. The minimum absolute atomic E-state index is 0.319. The molecule has 2 aliphatic rings. The number of nitrogens with one attached hydrogen (secondary N) is 2. The first-order chi connectivity index (χ1) is 11.5. The van der Waals surface area contributed by atoms with Gasteiger partial charge in [0.2, 0.25) is 0 Å². The van der Waals surface area contributed by atoms with Crippen LogP contribution in [-0.4, -0.2) is 23.6 Å². The lowest BCUT2D eigenvalue weighted by Crippen LogP contribution is -2.22. The molecular formula is C18H16N2O4. The fraction of sp³-hybridized carbons (Fsp3) is 0.222. The van der Waals surface area contributed by atoms with Gasteiger partial charge in [-0.2, -0.15) is 0 Å². The van der Waals surface area contributed by atoms with Gasteiger partial charge in [0.15, 0.2) is 0 Å². The highest BCUT2D eigenvalue weighted by atomic mass is 16.2. The van der Waals surface area contributed by atoms with Gasteiger partial charge in [-0.25, -0.2) is 0 Å². The van der Waals surface area contributed by atoms with Crippen molar-refractivity contribution in [2.45, 2.75) is 25.7 Å². The molecule has 24 heavy (non-hydrogen) atoms. The Bertz CT molecular complexity index is 742. The highest BCUT2D eigenvalue weighted by Gasteiger charge is 2.21. The molecule has 6 nitrogen and oxygen atoms in total. The number of imide groups is 2. The van der Waals surface area contributed by atoms with E-state index in [1.54, 1.807) is 0 Å². The normalized spacial score (nSPS) is 16.8. The fourth-order valence-corrected chi connectivity index (χ4v) is 2.77. The molecule has 0 aromatic heterocycles. The Balaban J connectivity index is 1.58. The van der Waals surface area contributed by atoms with Crippen LogP contribution in [0.3, 0.4) is 0 Å². The first kappa shape index (κ1) is 15.9. The first-order valence-electron chi connectivity index (χ1n) is 7.71. The summed E-state index contributed by atoms with van der Waals surface area (Å²) in [7, 11) is 0. The molecule has 122 valence electrons. The van der Waals surface area contributed by atoms with E-state index >= 15 is 0 Å². The molecule has 2 aliphatic heterocycles. The van der Waals surface area contributed by atoms with Crippen molar-refractivity contribution in [2.75, 3.05) is 0 Å². The van der Waals surface area contributed by atoms with Crippen molar-refractivity contribution in [1.82, 2.24) is 10.6 Å². The Labute approximate surface area is 138 Å². The first-order valence-corrected chi connectivity index (χ1v) is 7.71. The van der Waals surface area contributed by atoms with E-state index in [9.17, 15) is 19.2 Å². The Morgan fingerprint density at radius 1 is 0.667 bits per heavy atom. The molecule has 1 aromatic carbocycles. The van der Waals surface area contributed by atoms with E-state index in [1.807, 2.05) is 24.3 Å². The Kier molecular flexibility index (Phi) is 4.37. The van der Waals surface area contributed by atoms with Gasteiger partial charge in [-0.15, -0.1) is 0 Å². The molecule has 0 atom stereocenters. The standard InChI is InChI=1S/C18H16N2O4/c21-15-9-13(17(23)19-15)6-4-11-2-1-3-12(8-11)5-7-14-10-16(22)20-18(14)24/h1-3,8-10H,4-7H2,(H,19,21,23)(H,20,22,24). The number of rotatable bonds is 6. The SMILES string of the molecule is O=C1C=C(CCc2cccc(CCC3=CC(=O)NC3=O)c2)C(=O)N1. The second kappa shape index (κ2) is 6.62. The lowest BCUT2D eigenvalue weighted by Gasteiger charge is -2.06. The molecule has 0 unspecified atom stereocenters. The van der Waals surface area contributed by atoms with Crippen LogP contribution < -0.4 is 10.6 Å². The van der Waals surface area contributed by atoms with Gasteiger partial charge < -0.3 is 0 Å². The molecule has 0 saturated carbocycles. The Morgan fingerprint density at radius 3 is 1.50 bits per heavy atom. The molecule has 0 saturated heterocycles. The number of hydrogen-bond donors (Lipinski definition) is 2. The third kappa shape index (κ3) is 3.65. The van der Waals surface area contributed by atoms with Crippen LogP contribution in [0.4, 0.5) is 0 Å². The zero-order chi connectivity index (χ0) is 17.1. The van der Waals surface area contributed by atoms with Crippen molar-refractivity contribution < 1.29 is 19.2 Å². The largest absolute Gasteiger partial charge is 0.289 e. The maximum absolute atomic E-state index is 11.5. The fourth-order valence-electron chi connectivity index (χ4n) is 2.77. The molecule has 1 aromatic rings. The second-order valence-corrected chi connectivity index (χ2v) is 5.80. The molecule has 2 heterocycles. The van der Waals surface area contributed by atoms with E-state index in [4.69, 9.17) is 0 Å². The number of hydrogen-bond acceptors (Lipinski definition) is 4. The van der Waals surface area contributed by atoms with E-state index in [-0.39, 0.29) is 23.6 Å². The van der Waals surface area contributed by atoms with Crippen LogP contribution in [-0.2, 0) is 32.0 Å². The van der Waals surface area contributed by atoms with Gasteiger partial charge in [0, 0.05) is 23.3 Å². The van der Waals surface area contributed by atoms with Crippen LogP contribution in [0, 0.1) is 0 Å². The van der Waals surface area contributed by atoms with Crippen LogP contribution in [0.25, 0.3) is 0 Å². The van der Waals surface area contributed by atoms with Gasteiger partial charge in [0.1, 0.15) is 0 Å². The number of benzene rings is 1. The molecule has 4 amide bonds. The van der Waals surface area contributed by atoms with Gasteiger partial charge in [0.05, 0.1) is 0 Å². The zero-order valence-electron chi connectivity index (χ0n) is 12.9. The molecule has 0 radical (unpaired) electrons. The Morgan fingerprint density at radius 2 is 1.12 bits per heavy atom. The lowest BCUT2D eigenvalue weighted by atomic mass is 9.99. The third-order valence-electron chi connectivity index (χ3n) is 4.02. The Hall–Kier alpha value is -3.02. The van der Waals surface area contributed by atoms with Crippen LogP contribution in [0.5, 0.6) is 0 Å². The van der Waals surface area contributed by atoms with Crippen LogP contribution >= 0.6 is 0 Å². The summed E-state index contributed by atoms with van der Waals surface area (Å²) in [5.41, 5.74) is 3.11. The van der Waals surface area contributed by atoms with Gasteiger partial charge in [-0.1, -0.05) is 24.3 Å². The number of aryl methyl sites for hydroxylation is 2. The van der Waals surface area contributed by atoms with Crippen LogP contribution in [0.15, 0.2) is 47.6 Å². The highest BCUT2D eigenvalue weighted by Crippen LogP contribution is 2.17. The van der Waals surface area contributed by atoms with Crippen molar-refractivity contribution in [3.8, 4) is 0 Å². The van der Waals surface area contributed by atoms with Crippen molar-refractivity contribution in [2.24, 2.45) is 0 Å². The minimum atomic E-state index is -0.360. The molecular weight excluding hydrogens is 308 g/mol. The van der Waals surface area contributed by atoms with Crippen molar-refractivity contribution >= 4 is 23.6 Å². The minimum Gasteiger partial charge on any atom is -0.289 e. The molecule has 0 aliphatic carbocycles. The summed E-state index contributed by atoms with van der Waals surface area (Å²) in [6, 6.07) is 7.87. The van der Waals surface area contributed by atoms with Gasteiger partial charge in [0.25, 0.3) is 23.6 Å². The summed E-state index contributed by atoms with van der Waals surface area (Å²) in [6.07, 6.45) is 5.00. The average molecular weight is 324 g/mol. The van der Waals surface area contributed by atoms with E-state index in [0.717, 1.165) is 11.1 Å². The third-order valence-corrected chi connectivity index (χ3v) is 4.02. The summed E-state index contributed by atoms with van der Waals surface area (Å²) in [5.74, 6) is -1.36. The summed E-state index contributed by atoms with van der Waals surface area (Å²) in [6.45, 7) is 0. The number of carbonyl (C=O) groups is 4. The average Bonchev–Trinajstić information content (AvgIpc) is 3.04.